The molecule has 7 heteroatoms. The van der Waals surface area contributed by atoms with Crippen LogP contribution in [-0.4, -0.2) is 14.6 Å². The number of furan rings is 1. The molecule has 0 fully saturated rings. The SMILES string of the molecule is Cc1cc(CNc2cc(-c3ccccc3F)nc3c(Br)cnn23)co1. The van der Waals surface area contributed by atoms with Crippen LogP contribution in [0.3, 0.4) is 0 Å². The summed E-state index contributed by atoms with van der Waals surface area (Å²) in [5, 5.41) is 7.64. The van der Waals surface area contributed by atoms with Crippen LogP contribution >= 0.6 is 15.9 Å². The Morgan fingerprint density at radius 1 is 1.28 bits per heavy atom. The number of halogens is 2. The first kappa shape index (κ1) is 15.8. The third kappa shape index (κ3) is 3.02. The highest BCUT2D eigenvalue weighted by atomic mass is 79.9. The molecule has 0 aliphatic carbocycles. The number of nitrogens with zero attached hydrogens (tertiary/aromatic N) is 3. The van der Waals surface area contributed by atoms with Crippen molar-refractivity contribution in [2.24, 2.45) is 0 Å². The minimum Gasteiger partial charge on any atom is -0.469 e. The van der Waals surface area contributed by atoms with E-state index in [0.29, 0.717) is 29.3 Å². The molecule has 25 heavy (non-hydrogen) atoms. The molecule has 0 aliphatic heterocycles. The zero-order valence-corrected chi connectivity index (χ0v) is 14.9. The Labute approximate surface area is 151 Å². The fourth-order valence-electron chi connectivity index (χ4n) is 2.65. The summed E-state index contributed by atoms with van der Waals surface area (Å²) in [5.74, 6) is 1.25. The van der Waals surface area contributed by atoms with Crippen molar-refractivity contribution in [1.29, 1.82) is 0 Å². The minimum atomic E-state index is -0.314. The van der Waals surface area contributed by atoms with Gasteiger partial charge in [0.25, 0.3) is 0 Å². The Bertz CT molecular complexity index is 1060. The summed E-state index contributed by atoms with van der Waals surface area (Å²) in [4.78, 5) is 4.54. The maximum Gasteiger partial charge on any atom is 0.172 e. The van der Waals surface area contributed by atoms with Gasteiger partial charge in [-0.25, -0.2) is 9.37 Å². The fourth-order valence-corrected chi connectivity index (χ4v) is 3.00. The molecule has 3 heterocycles. The molecule has 1 N–H and O–H groups in total. The van der Waals surface area contributed by atoms with Crippen LogP contribution in [0.1, 0.15) is 11.3 Å². The van der Waals surface area contributed by atoms with E-state index in [9.17, 15) is 4.39 Å². The maximum atomic E-state index is 14.2. The molecule has 0 saturated heterocycles. The van der Waals surface area contributed by atoms with Crippen LogP contribution in [0.15, 0.2) is 57.7 Å². The summed E-state index contributed by atoms with van der Waals surface area (Å²) < 4.78 is 21.9. The van der Waals surface area contributed by atoms with Gasteiger partial charge >= 0.3 is 0 Å². The van der Waals surface area contributed by atoms with Gasteiger partial charge in [0.15, 0.2) is 5.65 Å². The van der Waals surface area contributed by atoms with Gasteiger partial charge in [-0.15, -0.1) is 0 Å². The van der Waals surface area contributed by atoms with Crippen molar-refractivity contribution >= 4 is 27.4 Å². The lowest BCUT2D eigenvalue weighted by Crippen LogP contribution is -2.06. The van der Waals surface area contributed by atoms with E-state index in [-0.39, 0.29) is 5.82 Å². The molecule has 0 spiro atoms. The molecular formula is C18H14BrFN4O. The van der Waals surface area contributed by atoms with Gasteiger partial charge in [-0.1, -0.05) is 12.1 Å². The van der Waals surface area contributed by atoms with Crippen LogP contribution in [-0.2, 0) is 6.54 Å². The van der Waals surface area contributed by atoms with Gasteiger partial charge in [0, 0.05) is 23.7 Å². The molecular weight excluding hydrogens is 387 g/mol. The Morgan fingerprint density at radius 3 is 2.88 bits per heavy atom. The van der Waals surface area contributed by atoms with Gasteiger partial charge < -0.3 is 9.73 Å². The smallest absolute Gasteiger partial charge is 0.172 e. The van der Waals surface area contributed by atoms with Crippen LogP contribution in [0, 0.1) is 12.7 Å². The molecule has 126 valence electrons. The van der Waals surface area contributed by atoms with Crippen LogP contribution in [0.5, 0.6) is 0 Å². The van der Waals surface area contributed by atoms with Crippen molar-refractivity contribution in [1.82, 2.24) is 14.6 Å². The van der Waals surface area contributed by atoms with Crippen LogP contribution in [0.2, 0.25) is 0 Å². The third-order valence-corrected chi connectivity index (χ3v) is 4.40. The molecule has 1 aromatic carbocycles. The van der Waals surface area contributed by atoms with Crippen LogP contribution < -0.4 is 5.32 Å². The number of anilines is 1. The van der Waals surface area contributed by atoms with Gasteiger partial charge in [-0.3, -0.25) is 0 Å². The third-order valence-electron chi connectivity index (χ3n) is 3.84. The fraction of sp³-hybridized carbons (Fsp3) is 0.111. The van der Waals surface area contributed by atoms with Crippen molar-refractivity contribution in [3.05, 3.63) is 70.5 Å². The zero-order chi connectivity index (χ0) is 17.4. The molecule has 0 saturated carbocycles. The van der Waals surface area contributed by atoms with Gasteiger partial charge in [0.2, 0.25) is 0 Å². The molecule has 0 aliphatic rings. The van der Waals surface area contributed by atoms with E-state index in [0.717, 1.165) is 15.8 Å². The zero-order valence-electron chi connectivity index (χ0n) is 13.3. The molecule has 0 amide bonds. The van der Waals surface area contributed by atoms with Gasteiger partial charge in [-0.05, 0) is 41.1 Å². The number of fused-ring (bicyclic) bond motifs is 1. The molecule has 5 nitrogen and oxygen atoms in total. The predicted octanol–water partition coefficient (Wildman–Crippen LogP) is 4.81. The Balaban J connectivity index is 1.78. The lowest BCUT2D eigenvalue weighted by atomic mass is 10.1. The van der Waals surface area contributed by atoms with Crippen molar-refractivity contribution in [2.45, 2.75) is 13.5 Å². The summed E-state index contributed by atoms with van der Waals surface area (Å²) in [7, 11) is 0. The summed E-state index contributed by atoms with van der Waals surface area (Å²) in [6.07, 6.45) is 3.37. The second-order valence-electron chi connectivity index (χ2n) is 5.65. The number of hydrogen-bond donors (Lipinski definition) is 1. The van der Waals surface area contributed by atoms with Gasteiger partial charge in [0.1, 0.15) is 17.4 Å². The monoisotopic (exact) mass is 400 g/mol. The number of nitrogens with one attached hydrogen (secondary N) is 1. The van der Waals surface area contributed by atoms with Crippen molar-refractivity contribution in [3.63, 3.8) is 0 Å². The van der Waals surface area contributed by atoms with E-state index >= 15 is 0 Å². The number of hydrogen-bond acceptors (Lipinski definition) is 4. The lowest BCUT2D eigenvalue weighted by Gasteiger charge is -2.10. The van der Waals surface area contributed by atoms with E-state index < -0.39 is 0 Å². The maximum absolute atomic E-state index is 14.2. The Morgan fingerprint density at radius 2 is 2.12 bits per heavy atom. The molecule has 3 aromatic heterocycles. The molecule has 0 atom stereocenters. The minimum absolute atomic E-state index is 0.314. The topological polar surface area (TPSA) is 55.4 Å². The summed E-state index contributed by atoms with van der Waals surface area (Å²) in [5.41, 5.74) is 2.62. The van der Waals surface area contributed by atoms with E-state index in [1.54, 1.807) is 41.2 Å². The first-order valence-electron chi connectivity index (χ1n) is 7.69. The number of benzene rings is 1. The highest BCUT2D eigenvalue weighted by molar-refractivity contribution is 9.10. The highest BCUT2D eigenvalue weighted by Gasteiger charge is 2.13. The molecule has 0 unspecified atom stereocenters. The molecule has 4 aromatic rings. The largest absolute Gasteiger partial charge is 0.469 e. The Hall–Kier alpha value is -2.67. The second kappa shape index (κ2) is 6.33. The van der Waals surface area contributed by atoms with Crippen molar-refractivity contribution in [2.75, 3.05) is 5.32 Å². The Kier molecular flexibility index (Phi) is 4.01. The normalized spacial score (nSPS) is 11.2. The molecule has 0 radical (unpaired) electrons. The molecule has 0 bridgehead atoms. The standard InChI is InChI=1S/C18H14BrFN4O/c1-11-6-12(10-25-11)8-21-17-7-16(13-4-2-3-5-15(13)20)23-18-14(19)9-22-24(17)18/h2-7,9-10,21H,8H2,1H3. The van der Waals surface area contributed by atoms with Gasteiger partial charge in [-0.2, -0.15) is 9.61 Å². The summed E-state index contributed by atoms with van der Waals surface area (Å²) in [6, 6.07) is 10.3. The van der Waals surface area contributed by atoms with E-state index in [2.05, 4.69) is 31.3 Å². The first-order valence-corrected chi connectivity index (χ1v) is 8.48. The summed E-state index contributed by atoms with van der Waals surface area (Å²) >= 11 is 3.44. The number of rotatable bonds is 4. The number of aromatic nitrogens is 3. The van der Waals surface area contributed by atoms with Crippen molar-refractivity contribution in [3.8, 4) is 11.3 Å². The average molecular weight is 401 g/mol. The molecule has 4 rings (SSSR count). The average Bonchev–Trinajstić information content (AvgIpc) is 3.19. The quantitative estimate of drug-likeness (QED) is 0.533. The van der Waals surface area contributed by atoms with E-state index in [1.165, 1.54) is 6.07 Å². The lowest BCUT2D eigenvalue weighted by molar-refractivity contribution is 0.532. The highest BCUT2D eigenvalue weighted by Crippen LogP contribution is 2.27. The van der Waals surface area contributed by atoms with Crippen molar-refractivity contribution < 1.29 is 8.81 Å². The first-order chi connectivity index (χ1) is 12.1. The van der Waals surface area contributed by atoms with Crippen LogP contribution in [0.4, 0.5) is 10.2 Å². The van der Waals surface area contributed by atoms with E-state index in [4.69, 9.17) is 4.42 Å². The van der Waals surface area contributed by atoms with Gasteiger partial charge in [0.05, 0.1) is 22.6 Å². The number of aryl methyl sites for hydroxylation is 1. The second-order valence-corrected chi connectivity index (χ2v) is 6.51. The predicted molar refractivity (Wildman–Crippen MR) is 96.9 cm³/mol. The summed E-state index contributed by atoms with van der Waals surface area (Å²) in [6.45, 7) is 2.46. The van der Waals surface area contributed by atoms with E-state index in [1.807, 2.05) is 13.0 Å². The van der Waals surface area contributed by atoms with Crippen LogP contribution in [0.25, 0.3) is 16.9 Å².